The second kappa shape index (κ2) is 7.10. The smallest absolute Gasteiger partial charge is 0.309 e. The van der Waals surface area contributed by atoms with E-state index in [1.807, 2.05) is 41.0 Å². The molecule has 0 bridgehead atoms. The molecule has 0 spiro atoms. The Hall–Kier alpha value is -2.91. The monoisotopic (exact) mass is 414 g/mol. The molecule has 1 saturated heterocycles. The van der Waals surface area contributed by atoms with Crippen LogP contribution < -0.4 is 5.43 Å². The van der Waals surface area contributed by atoms with Crippen molar-refractivity contribution >= 4 is 10.9 Å². The van der Waals surface area contributed by atoms with Crippen LogP contribution in [-0.4, -0.2) is 44.3 Å². The lowest BCUT2D eigenvalue weighted by molar-refractivity contribution is -0.138. The zero-order chi connectivity index (χ0) is 20.9. The van der Waals surface area contributed by atoms with Gasteiger partial charge in [0.1, 0.15) is 0 Å². The second-order valence-corrected chi connectivity index (χ2v) is 7.65. The number of hydrogen-bond acceptors (Lipinski definition) is 5. The fraction of sp³-hybridized carbons (Fsp3) is 0.333. The summed E-state index contributed by atoms with van der Waals surface area (Å²) in [6.07, 6.45) is -1.18. The van der Waals surface area contributed by atoms with E-state index in [9.17, 15) is 13.2 Å². The average molecular weight is 414 g/mol. The quantitative estimate of drug-likeness (QED) is 0.713. The van der Waals surface area contributed by atoms with Gasteiger partial charge < -0.3 is 5.01 Å². The maximum Gasteiger partial charge on any atom is 0.418 e. The number of aryl methyl sites for hydroxylation is 1. The highest BCUT2D eigenvalue weighted by molar-refractivity contribution is 5.81. The molecule has 1 N–H and O–H groups in total. The summed E-state index contributed by atoms with van der Waals surface area (Å²) in [5.41, 5.74) is 5.54. The fourth-order valence-electron chi connectivity index (χ4n) is 4.26. The maximum atomic E-state index is 13.4. The van der Waals surface area contributed by atoms with E-state index in [1.54, 1.807) is 0 Å². The molecule has 30 heavy (non-hydrogen) atoms. The highest BCUT2D eigenvalue weighted by Crippen LogP contribution is 2.36. The van der Waals surface area contributed by atoms with Gasteiger partial charge in [0, 0.05) is 50.5 Å². The third-order valence-electron chi connectivity index (χ3n) is 5.67. The zero-order valence-corrected chi connectivity index (χ0v) is 16.4. The first-order valence-corrected chi connectivity index (χ1v) is 9.79. The highest BCUT2D eigenvalue weighted by atomic mass is 19.4. The number of rotatable bonds is 3. The molecule has 1 unspecified atom stereocenters. The van der Waals surface area contributed by atoms with Crippen molar-refractivity contribution in [2.24, 2.45) is 7.05 Å². The van der Waals surface area contributed by atoms with E-state index >= 15 is 0 Å². The summed E-state index contributed by atoms with van der Waals surface area (Å²) in [5, 5.41) is 7.73. The number of hydrazine groups is 1. The summed E-state index contributed by atoms with van der Waals surface area (Å²) in [5.74, 6) is 0. The third kappa shape index (κ3) is 3.33. The van der Waals surface area contributed by atoms with Gasteiger partial charge in [0.05, 0.1) is 28.5 Å². The van der Waals surface area contributed by atoms with Crippen molar-refractivity contribution < 1.29 is 13.2 Å². The van der Waals surface area contributed by atoms with Crippen LogP contribution in [0.1, 0.15) is 23.0 Å². The lowest BCUT2D eigenvalue weighted by Gasteiger charge is -2.35. The van der Waals surface area contributed by atoms with Crippen LogP contribution in [-0.2, 0) is 19.8 Å². The van der Waals surface area contributed by atoms with Gasteiger partial charge in [-0.15, -0.1) is 0 Å². The van der Waals surface area contributed by atoms with Crippen LogP contribution in [0.2, 0.25) is 0 Å². The Balaban J connectivity index is 1.37. The Labute approximate surface area is 171 Å². The summed E-state index contributed by atoms with van der Waals surface area (Å²) in [6.45, 7) is 2.80. The van der Waals surface area contributed by atoms with Gasteiger partial charge in [-0.2, -0.15) is 18.3 Å². The van der Waals surface area contributed by atoms with Crippen molar-refractivity contribution in [1.29, 1.82) is 0 Å². The number of fused-ring (bicyclic) bond motifs is 2. The average Bonchev–Trinajstić information content (AvgIpc) is 3.29. The minimum absolute atomic E-state index is 0.00849. The molecule has 5 rings (SSSR count). The van der Waals surface area contributed by atoms with E-state index in [1.165, 1.54) is 12.3 Å². The van der Waals surface area contributed by atoms with E-state index in [2.05, 4.69) is 26.5 Å². The van der Waals surface area contributed by atoms with Crippen molar-refractivity contribution in [3.63, 3.8) is 0 Å². The summed E-state index contributed by atoms with van der Waals surface area (Å²) < 4.78 is 42.0. The molecule has 9 heteroatoms. The first-order valence-electron chi connectivity index (χ1n) is 9.79. The molecule has 0 saturated carbocycles. The minimum Gasteiger partial charge on any atom is -0.309 e. The lowest BCUT2D eigenvalue weighted by Crippen LogP contribution is -2.47. The number of pyridine rings is 1. The lowest BCUT2D eigenvalue weighted by atomic mass is 10.1. The molecule has 4 heterocycles. The molecule has 2 aromatic heterocycles. The van der Waals surface area contributed by atoms with Gasteiger partial charge >= 0.3 is 6.18 Å². The van der Waals surface area contributed by atoms with Crippen LogP contribution in [0.4, 0.5) is 13.2 Å². The first kappa shape index (κ1) is 19.1. The number of benzene rings is 1. The molecule has 6 nitrogen and oxygen atoms in total. The van der Waals surface area contributed by atoms with Crippen LogP contribution in [0, 0.1) is 0 Å². The number of nitrogens with zero attached hydrogens (tertiary/aromatic N) is 5. The number of nitrogens with one attached hydrogen (secondary N) is 1. The van der Waals surface area contributed by atoms with Gasteiger partial charge in [-0.25, -0.2) is 5.43 Å². The molecule has 2 aliphatic heterocycles. The van der Waals surface area contributed by atoms with Gasteiger partial charge in [-0.1, -0.05) is 18.2 Å². The van der Waals surface area contributed by atoms with E-state index in [0.717, 1.165) is 34.9 Å². The van der Waals surface area contributed by atoms with Crippen LogP contribution in [0.25, 0.3) is 10.9 Å². The summed E-state index contributed by atoms with van der Waals surface area (Å²) in [6, 6.07) is 9.93. The van der Waals surface area contributed by atoms with Crippen LogP contribution >= 0.6 is 0 Å². The van der Waals surface area contributed by atoms with Crippen molar-refractivity contribution in [3.8, 4) is 0 Å². The summed E-state index contributed by atoms with van der Waals surface area (Å²) >= 11 is 0. The Bertz CT molecular complexity index is 1120. The van der Waals surface area contributed by atoms with Crippen LogP contribution in [0.5, 0.6) is 0 Å². The molecule has 1 fully saturated rings. The van der Waals surface area contributed by atoms with Crippen molar-refractivity contribution in [2.75, 3.05) is 19.6 Å². The zero-order valence-electron chi connectivity index (χ0n) is 16.4. The Morgan fingerprint density at radius 3 is 2.80 bits per heavy atom. The van der Waals surface area contributed by atoms with Crippen molar-refractivity contribution in [1.82, 2.24) is 30.1 Å². The Kier molecular flexibility index (Phi) is 4.52. The van der Waals surface area contributed by atoms with Crippen LogP contribution in [0.15, 0.2) is 54.4 Å². The van der Waals surface area contributed by atoms with Gasteiger partial charge in [-0.05, 0) is 24.3 Å². The third-order valence-corrected chi connectivity index (χ3v) is 5.67. The standard InChI is InChI=1S/C21H21F3N6/c1-28-19-7-3-2-5-15(19)18(26-28)13-29-9-10-30-14(12-29)11-17(27-30)20-16(21(22,23)24)6-4-8-25-20/h2-8,11,17,27H,9-10,12-13H2,1H3. The molecule has 1 atom stereocenters. The molecule has 3 aromatic rings. The molecule has 0 aliphatic carbocycles. The van der Waals surface area contributed by atoms with E-state index in [-0.39, 0.29) is 5.69 Å². The number of hydrogen-bond donors (Lipinski definition) is 1. The number of para-hydroxylation sites is 1. The van der Waals surface area contributed by atoms with Crippen molar-refractivity contribution in [2.45, 2.75) is 18.8 Å². The summed E-state index contributed by atoms with van der Waals surface area (Å²) in [4.78, 5) is 6.30. The van der Waals surface area contributed by atoms with E-state index in [4.69, 9.17) is 0 Å². The molecular formula is C21H21F3N6. The highest BCUT2D eigenvalue weighted by Gasteiger charge is 2.38. The minimum atomic E-state index is -4.43. The molecule has 0 radical (unpaired) electrons. The predicted molar refractivity (Wildman–Crippen MR) is 106 cm³/mol. The number of aromatic nitrogens is 3. The summed E-state index contributed by atoms with van der Waals surface area (Å²) in [7, 11) is 1.93. The normalized spacial score (nSPS) is 19.9. The SMILES string of the molecule is Cn1nc(CN2CCN3NC(c4ncccc4C(F)(F)F)C=C3C2)c2ccccc21. The second-order valence-electron chi connectivity index (χ2n) is 7.65. The van der Waals surface area contributed by atoms with E-state index in [0.29, 0.717) is 19.6 Å². The largest absolute Gasteiger partial charge is 0.418 e. The van der Waals surface area contributed by atoms with Crippen molar-refractivity contribution in [3.05, 3.63) is 71.3 Å². The number of halogens is 3. The molecule has 0 amide bonds. The van der Waals surface area contributed by atoms with E-state index < -0.39 is 17.8 Å². The van der Waals surface area contributed by atoms with Gasteiger partial charge in [-0.3, -0.25) is 14.6 Å². The van der Waals surface area contributed by atoms with Gasteiger partial charge in [0.2, 0.25) is 0 Å². The molecule has 2 aliphatic rings. The number of piperazine rings is 1. The Morgan fingerprint density at radius 2 is 1.97 bits per heavy atom. The van der Waals surface area contributed by atoms with Gasteiger partial charge in [0.15, 0.2) is 0 Å². The predicted octanol–water partition coefficient (Wildman–Crippen LogP) is 3.25. The molecule has 156 valence electrons. The number of alkyl halides is 3. The fourth-order valence-corrected chi connectivity index (χ4v) is 4.26. The maximum absolute atomic E-state index is 13.4. The molecular weight excluding hydrogens is 393 g/mol. The topological polar surface area (TPSA) is 49.2 Å². The first-order chi connectivity index (χ1) is 14.4. The van der Waals surface area contributed by atoms with Gasteiger partial charge in [0.25, 0.3) is 0 Å². The Morgan fingerprint density at radius 1 is 1.13 bits per heavy atom. The van der Waals surface area contributed by atoms with Crippen LogP contribution in [0.3, 0.4) is 0 Å². The molecule has 1 aromatic carbocycles.